The maximum absolute atomic E-state index is 13.1. The van der Waals surface area contributed by atoms with Gasteiger partial charge in [-0.25, -0.2) is 14.8 Å². The average Bonchev–Trinajstić information content (AvgIpc) is 2.95. The van der Waals surface area contributed by atoms with Gasteiger partial charge in [-0.3, -0.25) is 4.79 Å². The molecule has 5 aromatic rings. The number of fused-ring (bicyclic) bond motifs is 1. The van der Waals surface area contributed by atoms with Gasteiger partial charge in [-0.05, 0) is 63.1 Å². The first-order chi connectivity index (χ1) is 19.3. The molecule has 1 N–H and O–H groups in total. The smallest absolute Gasteiger partial charge is 0.338 e. The molecule has 0 aliphatic carbocycles. The molecule has 0 bridgehead atoms. The lowest BCUT2D eigenvalue weighted by atomic mass is 10.0. The van der Waals surface area contributed by atoms with E-state index in [4.69, 9.17) is 14.7 Å². The van der Waals surface area contributed by atoms with Crippen LogP contribution in [0.3, 0.4) is 0 Å². The molecule has 0 spiro atoms. The van der Waals surface area contributed by atoms with Crippen LogP contribution in [0.5, 0.6) is 0 Å². The standard InChI is InChI=1S/C34H31N3O3/c1-5-30(33(38)35-27-8-6-7-23(4)19-27)40-34(39)26-17-18-28-29(20-26)37-32(25-15-11-22(3)12-16-25)31(36-28)24-13-9-21(2)10-14-24/h6-20,30H,5H2,1-4H3,(H,35,38). The number of carbonyl (C=O) groups excluding carboxylic acids is 2. The first-order valence-electron chi connectivity index (χ1n) is 13.3. The summed E-state index contributed by atoms with van der Waals surface area (Å²) in [5.74, 6) is -0.958. The predicted molar refractivity (Wildman–Crippen MR) is 159 cm³/mol. The Bertz CT molecular complexity index is 1690. The first kappa shape index (κ1) is 26.8. The van der Waals surface area contributed by atoms with Crippen LogP contribution < -0.4 is 5.32 Å². The highest BCUT2D eigenvalue weighted by Gasteiger charge is 2.23. The number of carbonyl (C=O) groups is 2. The van der Waals surface area contributed by atoms with Crippen LogP contribution >= 0.6 is 0 Å². The molecule has 0 radical (unpaired) electrons. The topological polar surface area (TPSA) is 81.2 Å². The van der Waals surface area contributed by atoms with Gasteiger partial charge in [-0.2, -0.15) is 0 Å². The van der Waals surface area contributed by atoms with Crippen LogP contribution in [-0.2, 0) is 9.53 Å². The summed E-state index contributed by atoms with van der Waals surface area (Å²) in [5.41, 5.74) is 8.92. The highest BCUT2D eigenvalue weighted by molar-refractivity contribution is 5.99. The molecule has 1 atom stereocenters. The highest BCUT2D eigenvalue weighted by Crippen LogP contribution is 2.32. The molecule has 0 saturated heterocycles. The van der Waals surface area contributed by atoms with Gasteiger partial charge in [0.2, 0.25) is 0 Å². The number of aromatic nitrogens is 2. The van der Waals surface area contributed by atoms with Crippen molar-refractivity contribution in [3.05, 3.63) is 113 Å². The van der Waals surface area contributed by atoms with E-state index in [0.29, 0.717) is 28.7 Å². The van der Waals surface area contributed by atoms with Gasteiger partial charge in [0.25, 0.3) is 5.91 Å². The fourth-order valence-corrected chi connectivity index (χ4v) is 4.47. The lowest BCUT2D eigenvalue weighted by molar-refractivity contribution is -0.124. The van der Waals surface area contributed by atoms with Crippen LogP contribution in [-0.4, -0.2) is 27.9 Å². The molecule has 6 nitrogen and oxygen atoms in total. The second-order valence-corrected chi connectivity index (χ2v) is 10.0. The number of esters is 1. The lowest BCUT2D eigenvalue weighted by Crippen LogP contribution is -2.32. The van der Waals surface area contributed by atoms with Gasteiger partial charge < -0.3 is 10.1 Å². The Kier molecular flexibility index (Phi) is 7.69. The van der Waals surface area contributed by atoms with Gasteiger partial charge in [-0.1, -0.05) is 78.7 Å². The van der Waals surface area contributed by atoms with E-state index in [0.717, 1.165) is 39.2 Å². The van der Waals surface area contributed by atoms with Crippen molar-refractivity contribution in [3.8, 4) is 22.5 Å². The molecular formula is C34H31N3O3. The second kappa shape index (κ2) is 11.5. The Morgan fingerprint density at radius 2 is 1.32 bits per heavy atom. The molecule has 0 aliphatic rings. The molecule has 4 aromatic carbocycles. The van der Waals surface area contributed by atoms with Gasteiger partial charge in [0.15, 0.2) is 6.10 Å². The summed E-state index contributed by atoms with van der Waals surface area (Å²) >= 11 is 0. The molecule has 0 fully saturated rings. The van der Waals surface area contributed by atoms with Gasteiger partial charge >= 0.3 is 5.97 Å². The van der Waals surface area contributed by atoms with Crippen molar-refractivity contribution in [1.82, 2.24) is 9.97 Å². The molecule has 6 heteroatoms. The van der Waals surface area contributed by atoms with Crippen molar-refractivity contribution < 1.29 is 14.3 Å². The van der Waals surface area contributed by atoms with E-state index in [1.165, 1.54) is 0 Å². The zero-order chi connectivity index (χ0) is 28.2. The van der Waals surface area contributed by atoms with Crippen LogP contribution in [0.1, 0.15) is 40.4 Å². The summed E-state index contributed by atoms with van der Waals surface area (Å²) in [6.07, 6.45) is -0.587. The zero-order valence-corrected chi connectivity index (χ0v) is 23.1. The number of anilines is 1. The summed E-state index contributed by atoms with van der Waals surface area (Å²) in [6.45, 7) is 7.84. The van der Waals surface area contributed by atoms with Crippen molar-refractivity contribution in [1.29, 1.82) is 0 Å². The quantitative estimate of drug-likeness (QED) is 0.221. The van der Waals surface area contributed by atoms with Gasteiger partial charge in [0, 0.05) is 16.8 Å². The molecule has 1 heterocycles. The van der Waals surface area contributed by atoms with Crippen LogP contribution in [0.2, 0.25) is 0 Å². The Morgan fingerprint density at radius 3 is 1.90 bits per heavy atom. The minimum absolute atomic E-state index is 0.307. The minimum atomic E-state index is -0.929. The minimum Gasteiger partial charge on any atom is -0.449 e. The maximum atomic E-state index is 13.1. The average molecular weight is 530 g/mol. The van der Waals surface area contributed by atoms with Gasteiger partial charge in [0.1, 0.15) is 0 Å². The molecule has 0 saturated carbocycles. The van der Waals surface area contributed by atoms with Crippen molar-refractivity contribution in [2.24, 2.45) is 0 Å². The number of hydrogen-bond acceptors (Lipinski definition) is 5. The first-order valence-corrected chi connectivity index (χ1v) is 13.3. The SMILES string of the molecule is CCC(OC(=O)c1ccc2nc(-c3ccc(C)cc3)c(-c3ccc(C)cc3)nc2c1)C(=O)Nc1cccc(C)c1. The molecule has 5 rings (SSSR count). The number of rotatable bonds is 7. The van der Waals surface area contributed by atoms with Crippen LogP contribution in [0, 0.1) is 20.8 Å². The number of hydrogen-bond donors (Lipinski definition) is 1. The zero-order valence-electron chi connectivity index (χ0n) is 23.1. The molecule has 1 unspecified atom stereocenters. The summed E-state index contributed by atoms with van der Waals surface area (Å²) in [5, 5.41) is 2.84. The van der Waals surface area contributed by atoms with E-state index in [2.05, 4.69) is 17.4 Å². The highest BCUT2D eigenvalue weighted by atomic mass is 16.5. The third-order valence-electron chi connectivity index (χ3n) is 6.75. The van der Waals surface area contributed by atoms with Gasteiger partial charge in [-0.15, -0.1) is 0 Å². The van der Waals surface area contributed by atoms with Crippen LogP contribution in [0.15, 0.2) is 91.0 Å². The molecular weight excluding hydrogens is 498 g/mol. The number of nitrogens with zero attached hydrogens (tertiary/aromatic N) is 2. The summed E-state index contributed by atoms with van der Waals surface area (Å²) < 4.78 is 5.63. The van der Waals surface area contributed by atoms with E-state index in [1.54, 1.807) is 31.2 Å². The van der Waals surface area contributed by atoms with E-state index in [-0.39, 0.29) is 5.91 Å². The van der Waals surface area contributed by atoms with Crippen LogP contribution in [0.25, 0.3) is 33.5 Å². The Balaban J connectivity index is 1.46. The maximum Gasteiger partial charge on any atom is 0.338 e. The van der Waals surface area contributed by atoms with Crippen molar-refractivity contribution >= 4 is 28.6 Å². The number of aryl methyl sites for hydroxylation is 3. The number of nitrogens with one attached hydrogen (secondary N) is 1. The van der Waals surface area contributed by atoms with Crippen LogP contribution in [0.4, 0.5) is 5.69 Å². The van der Waals surface area contributed by atoms with E-state index < -0.39 is 12.1 Å². The number of ether oxygens (including phenoxy) is 1. The lowest BCUT2D eigenvalue weighted by Gasteiger charge is -2.17. The summed E-state index contributed by atoms with van der Waals surface area (Å²) in [7, 11) is 0. The molecule has 40 heavy (non-hydrogen) atoms. The van der Waals surface area contributed by atoms with Crippen molar-refractivity contribution in [2.45, 2.75) is 40.2 Å². The molecule has 1 amide bonds. The number of benzene rings is 4. The molecule has 200 valence electrons. The predicted octanol–water partition coefficient (Wildman–Crippen LogP) is 7.46. The van der Waals surface area contributed by atoms with Gasteiger partial charge in [0.05, 0.1) is 28.0 Å². The van der Waals surface area contributed by atoms with Crippen molar-refractivity contribution in [2.75, 3.05) is 5.32 Å². The second-order valence-electron chi connectivity index (χ2n) is 10.0. The van der Waals surface area contributed by atoms with Crippen molar-refractivity contribution in [3.63, 3.8) is 0 Å². The third kappa shape index (κ3) is 5.91. The Hall–Kier alpha value is -4.84. The summed E-state index contributed by atoms with van der Waals surface area (Å²) in [4.78, 5) is 35.9. The van der Waals surface area contributed by atoms with E-state index in [9.17, 15) is 9.59 Å². The van der Waals surface area contributed by atoms with E-state index in [1.807, 2.05) is 75.4 Å². The molecule has 1 aromatic heterocycles. The third-order valence-corrected chi connectivity index (χ3v) is 6.75. The fourth-order valence-electron chi connectivity index (χ4n) is 4.47. The number of amides is 1. The Morgan fingerprint density at radius 1 is 0.725 bits per heavy atom. The fraction of sp³-hybridized carbons (Fsp3) is 0.176. The Labute approximate surface area is 234 Å². The molecule has 0 aliphatic heterocycles. The van der Waals surface area contributed by atoms with E-state index >= 15 is 0 Å². The summed E-state index contributed by atoms with van der Waals surface area (Å²) in [6, 6.07) is 28.9. The monoisotopic (exact) mass is 529 g/mol. The normalized spacial score (nSPS) is 11.7. The largest absolute Gasteiger partial charge is 0.449 e.